The molecule has 0 bridgehead atoms. The highest BCUT2D eigenvalue weighted by molar-refractivity contribution is 6.27. The smallest absolute Gasteiger partial charge is 0.238 e. The molecule has 17 heavy (non-hydrogen) atoms. The van der Waals surface area contributed by atoms with E-state index in [-0.39, 0.29) is 17.8 Å². The average Bonchev–Trinajstić information content (AvgIpc) is 2.35. The number of hydrogen-bond donors (Lipinski definition) is 0. The first kappa shape index (κ1) is 13.7. The Morgan fingerprint density at radius 2 is 2.18 bits per heavy atom. The minimum Gasteiger partial charge on any atom is -0.480 e. The fraction of sp³-hybridized carbons (Fsp3) is 0.545. The van der Waals surface area contributed by atoms with E-state index >= 15 is 0 Å². The lowest BCUT2D eigenvalue weighted by molar-refractivity contribution is -0.130. The molecule has 1 amide bonds. The van der Waals surface area contributed by atoms with Crippen LogP contribution in [0, 0.1) is 0 Å². The van der Waals surface area contributed by atoms with Crippen LogP contribution in [0.5, 0.6) is 5.88 Å². The molecule has 0 saturated carbocycles. The largest absolute Gasteiger partial charge is 0.480 e. The van der Waals surface area contributed by atoms with E-state index in [2.05, 4.69) is 10.2 Å². The summed E-state index contributed by atoms with van der Waals surface area (Å²) < 4.78 is 4.91. The minimum atomic E-state index is -0.112. The summed E-state index contributed by atoms with van der Waals surface area (Å²) in [5.74, 6) is 0.315. The second kappa shape index (κ2) is 6.39. The molecule has 0 aliphatic rings. The van der Waals surface area contributed by atoms with Crippen LogP contribution in [-0.4, -0.2) is 40.0 Å². The monoisotopic (exact) mass is 257 g/mol. The molecule has 1 aromatic heterocycles. The quantitative estimate of drug-likeness (QED) is 0.750. The number of carbonyl (C=O) groups is 1. The molecule has 0 aromatic carbocycles. The third kappa shape index (κ3) is 3.85. The van der Waals surface area contributed by atoms with E-state index in [9.17, 15) is 4.79 Å². The van der Waals surface area contributed by atoms with Crippen LogP contribution in [0.25, 0.3) is 0 Å². The van der Waals surface area contributed by atoms with Crippen molar-refractivity contribution < 1.29 is 9.53 Å². The van der Waals surface area contributed by atoms with Crippen molar-refractivity contribution in [1.29, 1.82) is 0 Å². The maximum Gasteiger partial charge on any atom is 0.238 e. The van der Waals surface area contributed by atoms with Gasteiger partial charge in [0.1, 0.15) is 5.88 Å². The second-order valence-corrected chi connectivity index (χ2v) is 4.08. The summed E-state index contributed by atoms with van der Waals surface area (Å²) in [6, 6.07) is 3.57. The lowest BCUT2D eigenvalue weighted by Crippen LogP contribution is -2.37. The highest BCUT2D eigenvalue weighted by Gasteiger charge is 2.16. The number of amides is 1. The van der Waals surface area contributed by atoms with Crippen LogP contribution in [0.2, 0.25) is 0 Å². The van der Waals surface area contributed by atoms with Gasteiger partial charge in [-0.15, -0.1) is 16.7 Å². The predicted molar refractivity (Wildman–Crippen MR) is 65.0 cm³/mol. The van der Waals surface area contributed by atoms with E-state index in [0.717, 1.165) is 0 Å². The van der Waals surface area contributed by atoms with Crippen LogP contribution >= 0.6 is 11.6 Å². The van der Waals surface area contributed by atoms with E-state index in [4.69, 9.17) is 16.3 Å². The molecule has 1 rings (SSSR count). The summed E-state index contributed by atoms with van der Waals surface area (Å²) in [5, 5.41) is 7.83. The molecule has 0 atom stereocenters. The SMILES string of the molecule is COc1ccc(CN(C(=O)CCl)C(C)C)nn1. The number of halogens is 1. The van der Waals surface area contributed by atoms with E-state index in [1.54, 1.807) is 17.0 Å². The van der Waals surface area contributed by atoms with Gasteiger partial charge in [-0.1, -0.05) is 0 Å². The van der Waals surface area contributed by atoms with E-state index < -0.39 is 0 Å². The number of methoxy groups -OCH3 is 1. The minimum absolute atomic E-state index is 0.0260. The van der Waals surface area contributed by atoms with Gasteiger partial charge >= 0.3 is 0 Å². The highest BCUT2D eigenvalue weighted by atomic mass is 35.5. The molecule has 6 heteroatoms. The number of hydrogen-bond acceptors (Lipinski definition) is 4. The summed E-state index contributed by atoms with van der Waals surface area (Å²) in [7, 11) is 1.53. The zero-order valence-electron chi connectivity index (χ0n) is 10.2. The molecule has 0 radical (unpaired) electrons. The Kier molecular flexibility index (Phi) is 5.15. The molecule has 5 nitrogen and oxygen atoms in total. The fourth-order valence-corrected chi connectivity index (χ4v) is 1.50. The molecule has 0 spiro atoms. The Morgan fingerprint density at radius 3 is 2.59 bits per heavy atom. The number of ether oxygens (including phenoxy) is 1. The highest BCUT2D eigenvalue weighted by Crippen LogP contribution is 2.09. The standard InChI is InChI=1S/C11H16ClN3O2/c1-8(2)15(11(16)6-12)7-9-4-5-10(17-3)14-13-9/h4-5,8H,6-7H2,1-3H3. The van der Waals surface area contributed by atoms with Crippen LogP contribution in [0.15, 0.2) is 12.1 Å². The molecule has 0 fully saturated rings. The van der Waals surface area contributed by atoms with Crippen LogP contribution in [0.4, 0.5) is 0 Å². The van der Waals surface area contributed by atoms with Crippen molar-refractivity contribution in [3.05, 3.63) is 17.8 Å². The first-order chi connectivity index (χ1) is 8.08. The zero-order valence-corrected chi connectivity index (χ0v) is 10.9. The summed E-state index contributed by atoms with van der Waals surface area (Å²) in [6.07, 6.45) is 0. The third-order valence-corrected chi connectivity index (χ3v) is 2.52. The fourth-order valence-electron chi connectivity index (χ4n) is 1.35. The lowest BCUT2D eigenvalue weighted by atomic mass is 10.2. The Bertz CT molecular complexity index is 367. The van der Waals surface area contributed by atoms with Crippen molar-refractivity contribution >= 4 is 17.5 Å². The van der Waals surface area contributed by atoms with Crippen LogP contribution in [-0.2, 0) is 11.3 Å². The van der Waals surface area contributed by atoms with Gasteiger partial charge in [0.25, 0.3) is 0 Å². The maximum atomic E-state index is 11.6. The summed E-state index contributed by atoms with van der Waals surface area (Å²) in [6.45, 7) is 4.27. The molecule has 1 heterocycles. The maximum absolute atomic E-state index is 11.6. The van der Waals surface area contributed by atoms with Gasteiger partial charge in [-0.2, -0.15) is 5.10 Å². The Hall–Kier alpha value is -1.36. The van der Waals surface area contributed by atoms with Crippen molar-refractivity contribution in [3.63, 3.8) is 0 Å². The van der Waals surface area contributed by atoms with Gasteiger partial charge in [0.05, 0.1) is 19.3 Å². The first-order valence-corrected chi connectivity index (χ1v) is 5.84. The van der Waals surface area contributed by atoms with Crippen molar-refractivity contribution in [1.82, 2.24) is 15.1 Å². The van der Waals surface area contributed by atoms with Crippen molar-refractivity contribution in [2.45, 2.75) is 26.4 Å². The van der Waals surface area contributed by atoms with E-state index in [0.29, 0.717) is 18.1 Å². The van der Waals surface area contributed by atoms with Gasteiger partial charge in [-0.3, -0.25) is 4.79 Å². The number of alkyl halides is 1. The van der Waals surface area contributed by atoms with E-state index in [1.165, 1.54) is 7.11 Å². The molecule has 0 N–H and O–H groups in total. The van der Waals surface area contributed by atoms with Gasteiger partial charge in [-0.05, 0) is 19.9 Å². The molecule has 0 aliphatic heterocycles. The molecular formula is C11H16ClN3O2. The number of nitrogens with zero attached hydrogens (tertiary/aromatic N) is 3. The predicted octanol–water partition coefficient (Wildman–Crippen LogP) is 1.46. The number of aromatic nitrogens is 2. The van der Waals surface area contributed by atoms with Crippen LogP contribution in [0.3, 0.4) is 0 Å². The van der Waals surface area contributed by atoms with Crippen molar-refractivity contribution in [2.24, 2.45) is 0 Å². The summed E-state index contributed by atoms with van der Waals surface area (Å²) in [5.41, 5.74) is 0.706. The van der Waals surface area contributed by atoms with Crippen LogP contribution in [0.1, 0.15) is 19.5 Å². The molecule has 0 unspecified atom stereocenters. The van der Waals surface area contributed by atoms with Gasteiger partial charge in [0, 0.05) is 12.1 Å². The van der Waals surface area contributed by atoms with Gasteiger partial charge in [-0.25, -0.2) is 0 Å². The summed E-state index contributed by atoms with van der Waals surface area (Å²) in [4.78, 5) is 13.3. The summed E-state index contributed by atoms with van der Waals surface area (Å²) >= 11 is 5.56. The van der Waals surface area contributed by atoms with Gasteiger partial charge in [0.15, 0.2) is 0 Å². The Morgan fingerprint density at radius 1 is 1.47 bits per heavy atom. The van der Waals surface area contributed by atoms with Crippen molar-refractivity contribution in [3.8, 4) is 5.88 Å². The zero-order chi connectivity index (χ0) is 12.8. The van der Waals surface area contributed by atoms with Gasteiger partial charge < -0.3 is 9.64 Å². The normalized spacial score (nSPS) is 10.4. The van der Waals surface area contributed by atoms with Gasteiger partial charge in [0.2, 0.25) is 11.8 Å². The van der Waals surface area contributed by atoms with E-state index in [1.807, 2.05) is 13.8 Å². The molecule has 0 aliphatic carbocycles. The molecule has 0 saturated heterocycles. The molecular weight excluding hydrogens is 242 g/mol. The second-order valence-electron chi connectivity index (χ2n) is 3.82. The first-order valence-electron chi connectivity index (χ1n) is 5.30. The number of carbonyl (C=O) groups excluding carboxylic acids is 1. The molecule has 1 aromatic rings. The lowest BCUT2D eigenvalue weighted by Gasteiger charge is -2.25. The number of rotatable bonds is 5. The van der Waals surface area contributed by atoms with Crippen LogP contribution < -0.4 is 4.74 Å². The van der Waals surface area contributed by atoms with Crippen molar-refractivity contribution in [2.75, 3.05) is 13.0 Å². The Balaban J connectivity index is 2.75. The Labute approximate surface area is 106 Å². The third-order valence-electron chi connectivity index (χ3n) is 2.29. The average molecular weight is 258 g/mol. The topological polar surface area (TPSA) is 55.3 Å². The molecule has 94 valence electrons.